The first-order chi connectivity index (χ1) is 12.8. The van der Waals surface area contributed by atoms with Gasteiger partial charge in [0, 0.05) is 17.5 Å². The lowest BCUT2D eigenvalue weighted by Gasteiger charge is -2.32. The number of nitrogens with one attached hydrogen (secondary N) is 1. The molecule has 0 amide bonds. The Bertz CT molecular complexity index is 914. The lowest BCUT2D eigenvalue weighted by Crippen LogP contribution is -2.42. The van der Waals surface area contributed by atoms with Gasteiger partial charge in [0.05, 0.1) is 6.26 Å². The molecule has 0 saturated carbocycles. The van der Waals surface area contributed by atoms with Crippen LogP contribution in [-0.2, 0) is 14.3 Å². The zero-order chi connectivity index (χ0) is 19.6. The monoisotopic (exact) mass is 399 g/mol. The third kappa shape index (κ3) is 4.69. The first-order valence-corrected chi connectivity index (χ1v) is 10.4. The van der Waals surface area contributed by atoms with E-state index in [4.69, 9.17) is 4.18 Å². The highest BCUT2D eigenvalue weighted by molar-refractivity contribution is 7.86. The molecule has 27 heavy (non-hydrogen) atoms. The van der Waals surface area contributed by atoms with Crippen molar-refractivity contribution >= 4 is 10.1 Å². The smallest absolute Gasteiger partial charge is 0.264 e. The second-order valence-electron chi connectivity index (χ2n) is 6.64. The highest BCUT2D eigenvalue weighted by Gasteiger charge is 2.38. The molecule has 3 rings (SSSR count). The van der Waals surface area contributed by atoms with Crippen molar-refractivity contribution in [1.29, 1.82) is 0 Å². The third-order valence-corrected chi connectivity index (χ3v) is 5.21. The van der Waals surface area contributed by atoms with E-state index in [0.29, 0.717) is 18.5 Å². The Morgan fingerprint density at radius 2 is 1.89 bits per heavy atom. The van der Waals surface area contributed by atoms with Gasteiger partial charge in [-0.2, -0.15) is 8.42 Å². The summed E-state index contributed by atoms with van der Waals surface area (Å²) in [6.45, 7) is 0.649. The van der Waals surface area contributed by atoms with Gasteiger partial charge in [-0.15, -0.1) is 0 Å². The van der Waals surface area contributed by atoms with Crippen LogP contribution in [0.15, 0.2) is 42.5 Å². The van der Waals surface area contributed by atoms with Crippen LogP contribution in [0.3, 0.4) is 0 Å². The van der Waals surface area contributed by atoms with Crippen LogP contribution < -0.4 is 5.32 Å². The molecule has 3 unspecified atom stereocenters. The molecule has 1 fully saturated rings. The van der Waals surface area contributed by atoms with Crippen molar-refractivity contribution in [2.45, 2.75) is 30.9 Å². The predicted octanol–water partition coefficient (Wildman–Crippen LogP) is 3.33. The van der Waals surface area contributed by atoms with Gasteiger partial charge >= 0.3 is 0 Å². The second-order valence-corrected chi connectivity index (χ2v) is 8.24. The molecule has 0 aliphatic carbocycles. The molecule has 1 saturated heterocycles. The maximum absolute atomic E-state index is 14.6. The fourth-order valence-corrected chi connectivity index (χ4v) is 4.20. The van der Waals surface area contributed by atoms with E-state index in [1.165, 1.54) is 30.3 Å². The molecule has 2 aromatic rings. The summed E-state index contributed by atoms with van der Waals surface area (Å²) in [6.07, 6.45) is 1.23. The Morgan fingerprint density at radius 1 is 1.15 bits per heavy atom. The van der Waals surface area contributed by atoms with E-state index in [-0.39, 0.29) is 5.56 Å². The number of benzene rings is 2. The normalized spacial score (nSPS) is 19.8. The van der Waals surface area contributed by atoms with Crippen molar-refractivity contribution < 1.29 is 25.8 Å². The Labute approximate surface area is 156 Å². The molecular weight excluding hydrogens is 379 g/mol. The molecule has 8 heteroatoms. The van der Waals surface area contributed by atoms with Crippen molar-refractivity contribution in [1.82, 2.24) is 5.32 Å². The van der Waals surface area contributed by atoms with Crippen molar-refractivity contribution in [2.24, 2.45) is 0 Å². The molecule has 0 aromatic heterocycles. The third-order valence-electron chi connectivity index (χ3n) is 4.63. The van der Waals surface area contributed by atoms with Crippen molar-refractivity contribution in [3.05, 3.63) is 71.0 Å². The summed E-state index contributed by atoms with van der Waals surface area (Å²) < 4.78 is 71.5. The van der Waals surface area contributed by atoms with Gasteiger partial charge in [0.25, 0.3) is 10.1 Å². The van der Waals surface area contributed by atoms with Gasteiger partial charge in [0.15, 0.2) is 11.6 Å². The van der Waals surface area contributed by atoms with Gasteiger partial charge < -0.3 is 5.32 Å². The van der Waals surface area contributed by atoms with Crippen LogP contribution in [0.1, 0.15) is 29.9 Å². The summed E-state index contributed by atoms with van der Waals surface area (Å²) in [7, 11) is -3.90. The highest BCUT2D eigenvalue weighted by Crippen LogP contribution is 2.36. The molecular formula is C19H20F3NO3S. The van der Waals surface area contributed by atoms with Gasteiger partial charge in [-0.1, -0.05) is 24.3 Å². The number of hydrogen-bond acceptors (Lipinski definition) is 4. The standard InChI is InChI=1S/C19H20F3NO3S/c1-27(24,25)26-19(16-9-4-10-23-16)17(12-5-2-6-13(20)11-12)14-7-3-8-15(21)18(14)22/h2-3,5-8,11,16-17,19,23H,4,9-10H2,1H3. The highest BCUT2D eigenvalue weighted by atomic mass is 32.2. The van der Waals surface area contributed by atoms with Gasteiger partial charge in [0.1, 0.15) is 11.9 Å². The van der Waals surface area contributed by atoms with E-state index < -0.39 is 45.6 Å². The molecule has 1 aliphatic rings. The fourth-order valence-electron chi connectivity index (χ4n) is 3.56. The Balaban J connectivity index is 2.18. The molecule has 146 valence electrons. The van der Waals surface area contributed by atoms with Crippen LogP contribution in [-0.4, -0.2) is 33.4 Å². The minimum Gasteiger partial charge on any atom is -0.311 e. The molecule has 1 heterocycles. The Morgan fingerprint density at radius 3 is 2.52 bits per heavy atom. The molecule has 2 aromatic carbocycles. The van der Waals surface area contributed by atoms with Gasteiger partial charge in [-0.05, 0) is 43.1 Å². The Kier molecular flexibility index (Phi) is 5.88. The van der Waals surface area contributed by atoms with Crippen LogP contribution in [0, 0.1) is 17.5 Å². The van der Waals surface area contributed by atoms with E-state index >= 15 is 0 Å². The van der Waals surface area contributed by atoms with Gasteiger partial charge in [0.2, 0.25) is 0 Å². The maximum atomic E-state index is 14.6. The second kappa shape index (κ2) is 8.00. The molecule has 3 atom stereocenters. The van der Waals surface area contributed by atoms with E-state index in [2.05, 4.69) is 5.32 Å². The average molecular weight is 399 g/mol. The van der Waals surface area contributed by atoms with E-state index in [9.17, 15) is 21.6 Å². The lowest BCUT2D eigenvalue weighted by molar-refractivity contribution is 0.151. The lowest BCUT2D eigenvalue weighted by atomic mass is 9.82. The molecule has 4 nitrogen and oxygen atoms in total. The zero-order valence-electron chi connectivity index (χ0n) is 14.7. The van der Waals surface area contributed by atoms with E-state index in [0.717, 1.165) is 18.7 Å². The van der Waals surface area contributed by atoms with Crippen molar-refractivity contribution in [3.8, 4) is 0 Å². The fraction of sp³-hybridized carbons (Fsp3) is 0.368. The number of rotatable bonds is 6. The quantitative estimate of drug-likeness (QED) is 0.757. The largest absolute Gasteiger partial charge is 0.311 e. The molecule has 1 N–H and O–H groups in total. The van der Waals surface area contributed by atoms with E-state index in [1.54, 1.807) is 6.07 Å². The van der Waals surface area contributed by atoms with Crippen LogP contribution in [0.5, 0.6) is 0 Å². The molecule has 0 bridgehead atoms. The molecule has 1 aliphatic heterocycles. The average Bonchev–Trinajstić information content (AvgIpc) is 3.11. The minimum atomic E-state index is -3.90. The summed E-state index contributed by atoms with van der Waals surface area (Å²) in [5.74, 6) is -3.74. The summed E-state index contributed by atoms with van der Waals surface area (Å²) in [5.41, 5.74) is 0.227. The van der Waals surface area contributed by atoms with Crippen LogP contribution in [0.2, 0.25) is 0 Å². The van der Waals surface area contributed by atoms with Crippen LogP contribution >= 0.6 is 0 Å². The topological polar surface area (TPSA) is 55.4 Å². The summed E-state index contributed by atoms with van der Waals surface area (Å²) >= 11 is 0. The first-order valence-electron chi connectivity index (χ1n) is 8.57. The molecule has 0 spiro atoms. The van der Waals surface area contributed by atoms with Crippen molar-refractivity contribution in [2.75, 3.05) is 12.8 Å². The van der Waals surface area contributed by atoms with E-state index in [1.807, 2.05) is 0 Å². The summed E-state index contributed by atoms with van der Waals surface area (Å²) in [6, 6.07) is 8.66. The zero-order valence-corrected chi connectivity index (χ0v) is 15.5. The number of halogens is 3. The van der Waals surface area contributed by atoms with Crippen LogP contribution in [0.4, 0.5) is 13.2 Å². The maximum Gasteiger partial charge on any atom is 0.264 e. The summed E-state index contributed by atoms with van der Waals surface area (Å²) in [5, 5.41) is 3.15. The summed E-state index contributed by atoms with van der Waals surface area (Å²) in [4.78, 5) is 0. The SMILES string of the molecule is CS(=O)(=O)OC(C1CCCN1)C(c1cccc(F)c1)c1cccc(F)c1F. The van der Waals surface area contributed by atoms with Crippen molar-refractivity contribution in [3.63, 3.8) is 0 Å². The van der Waals surface area contributed by atoms with Gasteiger partial charge in [-0.3, -0.25) is 4.18 Å². The van der Waals surface area contributed by atoms with Gasteiger partial charge in [-0.25, -0.2) is 13.2 Å². The minimum absolute atomic E-state index is 0.0806. The first kappa shape index (κ1) is 19.9. The molecule has 0 radical (unpaired) electrons. The Hall–Kier alpha value is -1.90. The predicted molar refractivity (Wildman–Crippen MR) is 95.3 cm³/mol. The number of hydrogen-bond donors (Lipinski definition) is 1. The van der Waals surface area contributed by atoms with Crippen LogP contribution in [0.25, 0.3) is 0 Å².